The molecular weight excluding hydrogens is 468 g/mol. The van der Waals surface area contributed by atoms with Gasteiger partial charge in [0, 0.05) is 18.0 Å². The van der Waals surface area contributed by atoms with Gasteiger partial charge >= 0.3 is 0 Å². The summed E-state index contributed by atoms with van der Waals surface area (Å²) in [6, 6.07) is 30.3. The number of hydrogen-bond donors (Lipinski definition) is 1. The number of hydrogen-bond acceptors (Lipinski definition) is 4. The maximum atomic E-state index is 13.7. The predicted octanol–water partition coefficient (Wildman–Crippen LogP) is 5.43. The summed E-state index contributed by atoms with van der Waals surface area (Å²) in [5.74, 6) is 0.406. The number of carbonyl (C=O) groups excluding carboxylic acids is 2. The van der Waals surface area contributed by atoms with Crippen molar-refractivity contribution in [3.8, 4) is 5.75 Å². The SMILES string of the molecule is COc1ccc([C@@H](C(=O)NCc2ccccc2)N(CCc2ccccc2)C(=O)Cc2cccs2)cc1. The fourth-order valence-corrected chi connectivity index (χ4v) is 4.79. The zero-order valence-corrected chi connectivity index (χ0v) is 21.1. The van der Waals surface area contributed by atoms with Crippen molar-refractivity contribution < 1.29 is 14.3 Å². The summed E-state index contributed by atoms with van der Waals surface area (Å²) in [6.07, 6.45) is 0.903. The highest BCUT2D eigenvalue weighted by molar-refractivity contribution is 7.10. The van der Waals surface area contributed by atoms with Crippen LogP contribution in [0, 0.1) is 0 Å². The molecule has 3 aromatic carbocycles. The van der Waals surface area contributed by atoms with Crippen molar-refractivity contribution in [3.05, 3.63) is 124 Å². The molecule has 0 aliphatic heterocycles. The lowest BCUT2D eigenvalue weighted by Crippen LogP contribution is -2.45. The van der Waals surface area contributed by atoms with Gasteiger partial charge in [0.2, 0.25) is 11.8 Å². The molecule has 0 unspecified atom stereocenters. The highest BCUT2D eigenvalue weighted by atomic mass is 32.1. The second-order valence-corrected chi connectivity index (χ2v) is 9.49. The molecule has 1 aromatic heterocycles. The van der Waals surface area contributed by atoms with Crippen LogP contribution in [0.4, 0.5) is 0 Å². The van der Waals surface area contributed by atoms with Crippen LogP contribution < -0.4 is 10.1 Å². The molecule has 0 saturated heterocycles. The molecule has 4 aromatic rings. The van der Waals surface area contributed by atoms with Crippen molar-refractivity contribution in [2.24, 2.45) is 0 Å². The number of carbonyl (C=O) groups is 2. The molecule has 0 spiro atoms. The number of nitrogens with one attached hydrogen (secondary N) is 1. The summed E-state index contributed by atoms with van der Waals surface area (Å²) in [6.45, 7) is 0.807. The molecule has 184 valence electrons. The van der Waals surface area contributed by atoms with Crippen LogP contribution in [-0.4, -0.2) is 30.4 Å². The molecule has 0 aliphatic carbocycles. The van der Waals surface area contributed by atoms with Gasteiger partial charge in [0.15, 0.2) is 0 Å². The number of methoxy groups -OCH3 is 1. The topological polar surface area (TPSA) is 58.6 Å². The van der Waals surface area contributed by atoms with Crippen LogP contribution in [0.15, 0.2) is 102 Å². The molecule has 6 heteroatoms. The van der Waals surface area contributed by atoms with Crippen LogP contribution in [-0.2, 0) is 29.0 Å². The Balaban J connectivity index is 1.64. The van der Waals surface area contributed by atoms with E-state index in [1.54, 1.807) is 23.3 Å². The van der Waals surface area contributed by atoms with Crippen LogP contribution in [0.1, 0.15) is 27.6 Å². The van der Waals surface area contributed by atoms with Crippen molar-refractivity contribution in [3.63, 3.8) is 0 Å². The third kappa shape index (κ3) is 6.83. The number of amides is 2. The second-order valence-electron chi connectivity index (χ2n) is 8.46. The van der Waals surface area contributed by atoms with Gasteiger partial charge in [-0.15, -0.1) is 11.3 Å². The maximum Gasteiger partial charge on any atom is 0.247 e. The van der Waals surface area contributed by atoms with Gasteiger partial charge in [-0.3, -0.25) is 9.59 Å². The van der Waals surface area contributed by atoms with E-state index in [0.717, 1.165) is 21.6 Å². The fraction of sp³-hybridized carbons (Fsp3) is 0.200. The first-order chi connectivity index (χ1) is 17.6. The zero-order valence-electron chi connectivity index (χ0n) is 20.3. The molecule has 0 radical (unpaired) electrons. The first kappa shape index (κ1) is 25.2. The quantitative estimate of drug-likeness (QED) is 0.300. The average Bonchev–Trinajstić information content (AvgIpc) is 3.44. The van der Waals surface area contributed by atoms with Gasteiger partial charge in [-0.25, -0.2) is 0 Å². The van der Waals surface area contributed by atoms with Gasteiger partial charge in [-0.05, 0) is 46.7 Å². The smallest absolute Gasteiger partial charge is 0.247 e. The fourth-order valence-electron chi connectivity index (χ4n) is 4.10. The van der Waals surface area contributed by atoms with E-state index in [4.69, 9.17) is 4.74 Å². The minimum atomic E-state index is -0.768. The Kier molecular flexibility index (Phi) is 8.89. The summed E-state index contributed by atoms with van der Waals surface area (Å²) in [4.78, 5) is 30.1. The van der Waals surface area contributed by atoms with Crippen LogP contribution in [0.25, 0.3) is 0 Å². The van der Waals surface area contributed by atoms with Crippen molar-refractivity contribution in [1.29, 1.82) is 0 Å². The van der Waals surface area contributed by atoms with Crippen molar-refractivity contribution in [2.45, 2.75) is 25.4 Å². The lowest BCUT2D eigenvalue weighted by molar-refractivity contribution is -0.140. The highest BCUT2D eigenvalue weighted by Crippen LogP contribution is 2.26. The third-order valence-electron chi connectivity index (χ3n) is 6.01. The molecule has 1 N–H and O–H groups in total. The summed E-state index contributed by atoms with van der Waals surface area (Å²) in [7, 11) is 1.61. The van der Waals surface area contributed by atoms with Gasteiger partial charge in [-0.1, -0.05) is 78.9 Å². The standard InChI is InChI=1S/C30H30N2O3S/c1-35-26-16-14-25(15-17-26)29(30(34)31-22-24-11-6-3-7-12-24)32(19-18-23-9-4-2-5-10-23)28(33)21-27-13-8-20-36-27/h2-17,20,29H,18-19,21-22H2,1H3,(H,31,34)/t29-/m0/s1. The summed E-state index contributed by atoms with van der Waals surface area (Å²) in [5.41, 5.74) is 2.86. The Morgan fingerprint density at radius 1 is 0.861 bits per heavy atom. The zero-order chi connectivity index (χ0) is 25.2. The molecule has 0 aliphatic rings. The normalized spacial score (nSPS) is 11.5. The van der Waals surface area contributed by atoms with E-state index in [2.05, 4.69) is 5.32 Å². The molecule has 0 bridgehead atoms. The Labute approximate surface area is 216 Å². The third-order valence-corrected chi connectivity index (χ3v) is 6.89. The molecule has 1 atom stereocenters. The monoisotopic (exact) mass is 498 g/mol. The maximum absolute atomic E-state index is 13.7. The summed E-state index contributed by atoms with van der Waals surface area (Å²) >= 11 is 1.55. The number of thiophene rings is 1. The second kappa shape index (κ2) is 12.7. The molecule has 0 saturated carbocycles. The van der Waals surface area contributed by atoms with Crippen molar-refractivity contribution in [2.75, 3.05) is 13.7 Å². The van der Waals surface area contributed by atoms with Crippen LogP contribution in [0.2, 0.25) is 0 Å². The van der Waals surface area contributed by atoms with E-state index in [1.165, 1.54) is 0 Å². The number of nitrogens with zero attached hydrogens (tertiary/aromatic N) is 1. The Morgan fingerprint density at radius 2 is 1.53 bits per heavy atom. The van der Waals surface area contributed by atoms with Gasteiger partial charge in [0.1, 0.15) is 11.8 Å². The molecule has 0 fully saturated rings. The lowest BCUT2D eigenvalue weighted by atomic mass is 10.0. The van der Waals surface area contributed by atoms with Gasteiger partial charge in [0.25, 0.3) is 0 Å². The highest BCUT2D eigenvalue weighted by Gasteiger charge is 2.31. The summed E-state index contributed by atoms with van der Waals surface area (Å²) < 4.78 is 5.32. The van der Waals surface area contributed by atoms with Gasteiger partial charge < -0.3 is 15.0 Å². The van der Waals surface area contributed by atoms with E-state index in [1.807, 2.05) is 102 Å². The lowest BCUT2D eigenvalue weighted by Gasteiger charge is -2.32. The van der Waals surface area contributed by atoms with Gasteiger partial charge in [-0.2, -0.15) is 0 Å². The van der Waals surface area contributed by atoms with Crippen LogP contribution in [0.3, 0.4) is 0 Å². The average molecular weight is 499 g/mol. The molecule has 36 heavy (non-hydrogen) atoms. The minimum Gasteiger partial charge on any atom is -0.497 e. The first-order valence-corrected chi connectivity index (χ1v) is 12.8. The number of ether oxygens (including phenoxy) is 1. The van der Waals surface area contributed by atoms with E-state index >= 15 is 0 Å². The van der Waals surface area contributed by atoms with E-state index < -0.39 is 6.04 Å². The minimum absolute atomic E-state index is 0.0796. The predicted molar refractivity (Wildman–Crippen MR) is 144 cm³/mol. The van der Waals surface area contributed by atoms with Crippen LogP contribution in [0.5, 0.6) is 5.75 Å². The van der Waals surface area contributed by atoms with Crippen molar-refractivity contribution >= 4 is 23.2 Å². The largest absolute Gasteiger partial charge is 0.497 e. The first-order valence-electron chi connectivity index (χ1n) is 12.0. The van der Waals surface area contributed by atoms with Gasteiger partial charge in [0.05, 0.1) is 13.5 Å². The molecule has 2 amide bonds. The summed E-state index contributed by atoms with van der Waals surface area (Å²) in [5, 5.41) is 5.02. The Morgan fingerprint density at radius 3 is 2.14 bits per heavy atom. The van der Waals surface area contributed by atoms with Crippen molar-refractivity contribution in [1.82, 2.24) is 10.2 Å². The Bertz CT molecular complexity index is 1230. The molecular formula is C30H30N2O3S. The number of benzene rings is 3. The molecule has 4 rings (SSSR count). The van der Waals surface area contributed by atoms with E-state index in [0.29, 0.717) is 25.3 Å². The van der Waals surface area contributed by atoms with E-state index in [9.17, 15) is 9.59 Å². The molecule has 1 heterocycles. The number of rotatable bonds is 11. The van der Waals surface area contributed by atoms with Crippen LogP contribution >= 0.6 is 11.3 Å². The molecule has 5 nitrogen and oxygen atoms in total. The Hall–Kier alpha value is -3.90. The van der Waals surface area contributed by atoms with E-state index in [-0.39, 0.29) is 18.2 Å².